The van der Waals surface area contributed by atoms with Crippen LogP contribution in [0, 0.1) is 17.8 Å². The average Bonchev–Trinajstić information content (AvgIpc) is 2.85. The van der Waals surface area contributed by atoms with Gasteiger partial charge in [-0.25, -0.2) is 0 Å². The fourth-order valence-corrected chi connectivity index (χ4v) is 6.05. The first kappa shape index (κ1) is 27.8. The summed E-state index contributed by atoms with van der Waals surface area (Å²) in [5.74, 6) is 0.659. The Kier molecular flexibility index (Phi) is 7.98. The van der Waals surface area contributed by atoms with E-state index >= 15 is 0 Å². The van der Waals surface area contributed by atoms with Crippen molar-refractivity contribution in [2.24, 2.45) is 17.8 Å². The van der Waals surface area contributed by atoms with Gasteiger partial charge in [0, 0.05) is 17.5 Å². The highest BCUT2D eigenvalue weighted by atomic mass is 16.5. The maximum absolute atomic E-state index is 13.5. The Hall–Kier alpha value is -3.19. The molecule has 0 bridgehead atoms. The lowest BCUT2D eigenvalue weighted by Crippen LogP contribution is -2.38. The predicted molar refractivity (Wildman–Crippen MR) is 143 cm³/mol. The smallest absolute Gasteiger partial charge is 0.308 e. The van der Waals surface area contributed by atoms with Gasteiger partial charge in [-0.15, -0.1) is 0 Å². The predicted octanol–water partition coefficient (Wildman–Crippen LogP) is 5.17. The minimum atomic E-state index is -1.45. The van der Waals surface area contributed by atoms with Gasteiger partial charge in [0.25, 0.3) is 0 Å². The number of fused-ring (bicyclic) bond motifs is 2. The molecule has 2 aliphatic carbocycles. The number of carbonyl (C=O) groups is 3. The van der Waals surface area contributed by atoms with Crippen molar-refractivity contribution in [3.8, 4) is 11.5 Å². The van der Waals surface area contributed by atoms with Gasteiger partial charge in [0.15, 0.2) is 11.6 Å². The summed E-state index contributed by atoms with van der Waals surface area (Å²) < 4.78 is 16.9. The summed E-state index contributed by atoms with van der Waals surface area (Å²) in [6.07, 6.45) is 2.68. The SMILES string of the molecule is COc1cccc2c1C(=O)c1ccc(C[C@](C)(O)CC(=O)O[C@H]3C[C@@H](C)CC[C@@H]3C(C)C)c(OC)c1C2=O. The second kappa shape index (κ2) is 10.9. The average molecular weight is 523 g/mol. The second-order valence-corrected chi connectivity index (χ2v) is 11.4. The van der Waals surface area contributed by atoms with Crippen LogP contribution in [-0.4, -0.2) is 48.6 Å². The molecule has 38 heavy (non-hydrogen) atoms. The maximum Gasteiger partial charge on any atom is 0.308 e. The van der Waals surface area contributed by atoms with Gasteiger partial charge in [-0.1, -0.05) is 45.4 Å². The van der Waals surface area contributed by atoms with Crippen molar-refractivity contribution in [3.63, 3.8) is 0 Å². The fraction of sp³-hybridized carbons (Fsp3) is 0.516. The fourth-order valence-electron chi connectivity index (χ4n) is 6.05. The summed E-state index contributed by atoms with van der Waals surface area (Å²) in [4.78, 5) is 39.8. The summed E-state index contributed by atoms with van der Waals surface area (Å²) in [5, 5.41) is 11.2. The minimum absolute atomic E-state index is 0.0413. The standard InChI is InChI=1S/C31H38O7/c1-17(2)20-12-10-18(3)14-24(20)38-25(32)16-31(4,35)15-19-11-13-22-27(30(19)37-6)29(34)21-8-7-9-23(36-5)26(21)28(22)33/h7-9,11,13,17-18,20,24,35H,10,12,14-16H2,1-6H3/t18-,20+,24-,31-/m0/s1. The third-order valence-electron chi connectivity index (χ3n) is 7.97. The van der Waals surface area contributed by atoms with Gasteiger partial charge >= 0.3 is 5.97 Å². The van der Waals surface area contributed by atoms with E-state index in [4.69, 9.17) is 14.2 Å². The van der Waals surface area contributed by atoms with E-state index in [0.717, 1.165) is 19.3 Å². The molecule has 0 aliphatic heterocycles. The first-order valence-corrected chi connectivity index (χ1v) is 13.4. The van der Waals surface area contributed by atoms with Crippen molar-refractivity contribution in [2.45, 2.75) is 71.5 Å². The first-order chi connectivity index (χ1) is 18.0. The van der Waals surface area contributed by atoms with Crippen molar-refractivity contribution in [1.82, 2.24) is 0 Å². The van der Waals surface area contributed by atoms with Crippen LogP contribution in [0.5, 0.6) is 11.5 Å². The lowest BCUT2D eigenvalue weighted by Gasteiger charge is -2.37. The molecule has 4 atom stereocenters. The molecule has 0 unspecified atom stereocenters. The van der Waals surface area contributed by atoms with Gasteiger partial charge < -0.3 is 19.3 Å². The number of ketones is 2. The number of methoxy groups -OCH3 is 2. The number of carbonyl (C=O) groups excluding carboxylic acids is 3. The molecule has 204 valence electrons. The van der Waals surface area contributed by atoms with Crippen LogP contribution in [0.15, 0.2) is 30.3 Å². The third-order valence-corrected chi connectivity index (χ3v) is 7.97. The molecule has 0 aromatic heterocycles. The first-order valence-electron chi connectivity index (χ1n) is 13.4. The minimum Gasteiger partial charge on any atom is -0.496 e. The van der Waals surface area contributed by atoms with E-state index < -0.39 is 11.6 Å². The van der Waals surface area contributed by atoms with Crippen molar-refractivity contribution in [3.05, 3.63) is 58.1 Å². The summed E-state index contributed by atoms with van der Waals surface area (Å²) >= 11 is 0. The van der Waals surface area contributed by atoms with Gasteiger partial charge in [-0.3, -0.25) is 14.4 Å². The summed E-state index contributed by atoms with van der Waals surface area (Å²) in [6, 6.07) is 8.15. The Morgan fingerprint density at radius 1 is 1.03 bits per heavy atom. The molecule has 0 amide bonds. The molecule has 1 fully saturated rings. The summed E-state index contributed by atoms with van der Waals surface area (Å²) in [7, 11) is 2.88. The van der Waals surface area contributed by atoms with Crippen molar-refractivity contribution in [1.29, 1.82) is 0 Å². The Labute approximate surface area is 224 Å². The van der Waals surface area contributed by atoms with E-state index in [9.17, 15) is 19.5 Å². The van der Waals surface area contributed by atoms with Gasteiger partial charge in [0.05, 0.1) is 37.4 Å². The van der Waals surface area contributed by atoms with Crippen LogP contribution < -0.4 is 9.47 Å². The van der Waals surface area contributed by atoms with Crippen LogP contribution in [0.1, 0.15) is 90.8 Å². The number of rotatable bonds is 8. The van der Waals surface area contributed by atoms with Crippen LogP contribution in [0.25, 0.3) is 0 Å². The zero-order chi connectivity index (χ0) is 27.8. The van der Waals surface area contributed by atoms with Crippen LogP contribution in [-0.2, 0) is 16.0 Å². The molecule has 2 aliphatic rings. The number of benzene rings is 2. The number of aliphatic hydroxyl groups is 1. The second-order valence-electron chi connectivity index (χ2n) is 11.4. The van der Waals surface area contributed by atoms with Crippen LogP contribution in [0.2, 0.25) is 0 Å². The van der Waals surface area contributed by atoms with Gasteiger partial charge in [0.2, 0.25) is 0 Å². The van der Waals surface area contributed by atoms with Crippen LogP contribution in [0.3, 0.4) is 0 Å². The maximum atomic E-state index is 13.5. The number of esters is 1. The quantitative estimate of drug-likeness (QED) is 0.408. The molecule has 0 saturated heterocycles. The molecular weight excluding hydrogens is 484 g/mol. The third kappa shape index (κ3) is 5.35. The topological polar surface area (TPSA) is 99.1 Å². The molecule has 1 N–H and O–H groups in total. The molecule has 0 heterocycles. The summed E-state index contributed by atoms with van der Waals surface area (Å²) in [6.45, 7) is 8.06. The molecule has 1 saturated carbocycles. The number of hydrogen-bond acceptors (Lipinski definition) is 7. The van der Waals surface area contributed by atoms with Crippen LogP contribution in [0.4, 0.5) is 0 Å². The van der Waals surface area contributed by atoms with E-state index in [1.807, 2.05) is 0 Å². The molecular formula is C31H38O7. The molecule has 7 heteroatoms. The zero-order valence-corrected chi connectivity index (χ0v) is 23.1. The van der Waals surface area contributed by atoms with Crippen LogP contribution >= 0.6 is 0 Å². The van der Waals surface area contributed by atoms with Crippen molar-refractivity contribution in [2.75, 3.05) is 14.2 Å². The number of hydrogen-bond donors (Lipinski definition) is 1. The largest absolute Gasteiger partial charge is 0.496 e. The number of ether oxygens (including phenoxy) is 3. The van der Waals surface area contributed by atoms with Gasteiger partial charge in [-0.2, -0.15) is 0 Å². The highest BCUT2D eigenvalue weighted by molar-refractivity contribution is 6.30. The van der Waals surface area contributed by atoms with Gasteiger partial charge in [0.1, 0.15) is 17.6 Å². The molecule has 4 rings (SSSR count). The molecule has 2 aromatic carbocycles. The monoisotopic (exact) mass is 522 g/mol. The highest BCUT2D eigenvalue weighted by Gasteiger charge is 2.38. The zero-order valence-electron chi connectivity index (χ0n) is 23.1. The summed E-state index contributed by atoms with van der Waals surface area (Å²) in [5.41, 5.74) is -0.0664. The van der Waals surface area contributed by atoms with E-state index in [-0.39, 0.29) is 58.5 Å². The molecule has 2 aromatic rings. The van der Waals surface area contributed by atoms with Crippen molar-refractivity contribution >= 4 is 17.5 Å². The Morgan fingerprint density at radius 2 is 1.71 bits per heavy atom. The lowest BCUT2D eigenvalue weighted by atomic mass is 9.75. The Balaban J connectivity index is 1.57. The van der Waals surface area contributed by atoms with E-state index in [1.54, 1.807) is 37.3 Å². The normalized spacial score (nSPS) is 22.4. The molecule has 0 radical (unpaired) electrons. The van der Waals surface area contributed by atoms with E-state index in [0.29, 0.717) is 29.1 Å². The lowest BCUT2D eigenvalue weighted by molar-refractivity contribution is -0.160. The van der Waals surface area contributed by atoms with Crippen molar-refractivity contribution < 1.29 is 33.7 Å². The molecule has 0 spiro atoms. The Bertz CT molecular complexity index is 1240. The van der Waals surface area contributed by atoms with Gasteiger partial charge in [-0.05, 0) is 55.2 Å². The van der Waals surface area contributed by atoms with E-state index in [2.05, 4.69) is 20.8 Å². The molecule has 7 nitrogen and oxygen atoms in total. The van der Waals surface area contributed by atoms with E-state index in [1.165, 1.54) is 14.2 Å². The highest BCUT2D eigenvalue weighted by Crippen LogP contribution is 2.40. The Morgan fingerprint density at radius 3 is 2.37 bits per heavy atom.